The van der Waals surface area contributed by atoms with Crippen molar-refractivity contribution in [3.63, 3.8) is 0 Å². The molecule has 1 amide bonds. The van der Waals surface area contributed by atoms with Gasteiger partial charge in [0.25, 0.3) is 5.91 Å². The molecule has 0 spiro atoms. The maximum atomic E-state index is 12.4. The molecule has 0 saturated carbocycles. The number of anilines is 1. The minimum atomic E-state index is -0.163. The van der Waals surface area contributed by atoms with Crippen LogP contribution < -0.4 is 5.32 Å². The van der Waals surface area contributed by atoms with Gasteiger partial charge >= 0.3 is 0 Å². The number of likely N-dealkylation sites (tertiary alicyclic amines) is 1. The van der Waals surface area contributed by atoms with Crippen LogP contribution in [0.5, 0.6) is 0 Å². The molecule has 0 aromatic heterocycles. The highest BCUT2D eigenvalue weighted by Gasteiger charge is 2.16. The minimum Gasteiger partial charge on any atom is -0.322 e. The van der Waals surface area contributed by atoms with E-state index in [9.17, 15) is 9.59 Å². The molecule has 0 unspecified atom stereocenters. The van der Waals surface area contributed by atoms with E-state index in [1.165, 1.54) is 25.3 Å². The highest BCUT2D eigenvalue weighted by atomic mass is 16.1. The lowest BCUT2D eigenvalue weighted by molar-refractivity contribution is 0.101. The predicted octanol–water partition coefficient (Wildman–Crippen LogP) is 4.37. The fourth-order valence-corrected chi connectivity index (χ4v) is 3.47. The van der Waals surface area contributed by atoms with Crippen molar-refractivity contribution in [1.82, 2.24) is 4.90 Å². The molecule has 1 atom stereocenters. The Hall–Kier alpha value is -2.46. The number of Topliss-reactive ketones (excluding diaryl/α,β-unsaturated/α-hetero) is 1. The molecule has 136 valence electrons. The predicted molar refractivity (Wildman–Crippen MR) is 105 cm³/mol. The van der Waals surface area contributed by atoms with Crippen LogP contribution in [0.1, 0.15) is 53.0 Å². The monoisotopic (exact) mass is 350 g/mol. The Labute approximate surface area is 155 Å². The zero-order valence-electron chi connectivity index (χ0n) is 15.5. The fourth-order valence-electron chi connectivity index (χ4n) is 3.47. The van der Waals surface area contributed by atoms with E-state index >= 15 is 0 Å². The molecule has 1 saturated heterocycles. The molecular formula is C22H26N2O2. The topological polar surface area (TPSA) is 49.4 Å². The van der Waals surface area contributed by atoms with Crippen molar-refractivity contribution in [1.29, 1.82) is 0 Å². The lowest BCUT2D eigenvalue weighted by Crippen LogP contribution is -2.33. The van der Waals surface area contributed by atoms with Gasteiger partial charge in [0.2, 0.25) is 0 Å². The van der Waals surface area contributed by atoms with E-state index in [0.29, 0.717) is 16.8 Å². The number of carbonyl (C=O) groups excluding carboxylic acids is 2. The lowest BCUT2D eigenvalue weighted by atomic mass is 9.99. The molecule has 1 aliphatic rings. The second-order valence-corrected chi connectivity index (χ2v) is 7.27. The Balaban J connectivity index is 1.61. The second-order valence-electron chi connectivity index (χ2n) is 7.27. The summed E-state index contributed by atoms with van der Waals surface area (Å²) in [5.41, 5.74) is 3.08. The third-order valence-electron chi connectivity index (χ3n) is 4.89. The highest BCUT2D eigenvalue weighted by molar-refractivity contribution is 6.05. The van der Waals surface area contributed by atoms with Crippen LogP contribution in [0.4, 0.5) is 5.69 Å². The summed E-state index contributed by atoms with van der Waals surface area (Å²) >= 11 is 0. The maximum absolute atomic E-state index is 12.4. The molecule has 4 nitrogen and oxygen atoms in total. The molecule has 1 heterocycles. The maximum Gasteiger partial charge on any atom is 0.255 e. The van der Waals surface area contributed by atoms with Crippen molar-refractivity contribution < 1.29 is 9.59 Å². The molecule has 1 aliphatic heterocycles. The van der Waals surface area contributed by atoms with Crippen LogP contribution in [0, 0.1) is 5.92 Å². The van der Waals surface area contributed by atoms with E-state index in [2.05, 4.69) is 17.1 Å². The number of rotatable bonds is 5. The van der Waals surface area contributed by atoms with E-state index in [0.717, 1.165) is 25.6 Å². The zero-order chi connectivity index (χ0) is 18.5. The molecule has 2 aromatic rings. The molecule has 0 radical (unpaired) electrons. The van der Waals surface area contributed by atoms with Crippen LogP contribution in [-0.2, 0) is 6.54 Å². The Morgan fingerprint density at radius 2 is 1.88 bits per heavy atom. The summed E-state index contributed by atoms with van der Waals surface area (Å²) in [5, 5.41) is 2.86. The van der Waals surface area contributed by atoms with E-state index < -0.39 is 0 Å². The number of benzene rings is 2. The molecule has 2 aromatic carbocycles. The van der Waals surface area contributed by atoms with Crippen LogP contribution in [0.25, 0.3) is 0 Å². The smallest absolute Gasteiger partial charge is 0.255 e. The van der Waals surface area contributed by atoms with E-state index in [1.54, 1.807) is 24.3 Å². The van der Waals surface area contributed by atoms with E-state index in [1.807, 2.05) is 24.3 Å². The standard InChI is InChI=1S/C22H26N2O2/c1-16-5-4-12-24(14-16)15-18-8-10-19(11-9-18)22(26)23-21-7-3-6-20(13-21)17(2)25/h3,6-11,13,16H,4-5,12,14-15H2,1-2H3,(H,23,26)/t16-/m0/s1. The quantitative estimate of drug-likeness (QED) is 0.815. The lowest BCUT2D eigenvalue weighted by Gasteiger charge is -2.30. The summed E-state index contributed by atoms with van der Waals surface area (Å²) < 4.78 is 0. The summed E-state index contributed by atoms with van der Waals surface area (Å²) in [6.07, 6.45) is 2.58. The Morgan fingerprint density at radius 3 is 2.58 bits per heavy atom. The summed E-state index contributed by atoms with van der Waals surface area (Å²) in [5.74, 6) is 0.584. The second kappa shape index (κ2) is 8.28. The summed E-state index contributed by atoms with van der Waals surface area (Å²) in [6, 6.07) is 14.8. The number of hydrogen-bond acceptors (Lipinski definition) is 3. The van der Waals surface area contributed by atoms with Crippen molar-refractivity contribution in [3.8, 4) is 0 Å². The van der Waals surface area contributed by atoms with E-state index in [4.69, 9.17) is 0 Å². The van der Waals surface area contributed by atoms with Crippen molar-refractivity contribution >= 4 is 17.4 Å². The van der Waals surface area contributed by atoms with Crippen LogP contribution in [0.2, 0.25) is 0 Å². The molecule has 0 aliphatic carbocycles. The normalized spacial score (nSPS) is 17.7. The summed E-state index contributed by atoms with van der Waals surface area (Å²) in [7, 11) is 0. The van der Waals surface area contributed by atoms with E-state index in [-0.39, 0.29) is 11.7 Å². The van der Waals surface area contributed by atoms with Crippen LogP contribution >= 0.6 is 0 Å². The third-order valence-corrected chi connectivity index (χ3v) is 4.89. The van der Waals surface area contributed by atoms with Gasteiger partial charge in [-0.15, -0.1) is 0 Å². The average Bonchev–Trinajstić information content (AvgIpc) is 2.62. The molecule has 0 bridgehead atoms. The van der Waals surface area contributed by atoms with Crippen molar-refractivity contribution in [2.45, 2.75) is 33.2 Å². The molecular weight excluding hydrogens is 324 g/mol. The number of piperidine rings is 1. The van der Waals surface area contributed by atoms with Gasteiger partial charge in [-0.3, -0.25) is 14.5 Å². The third kappa shape index (κ3) is 4.79. The van der Waals surface area contributed by atoms with Gasteiger partial charge in [0, 0.05) is 29.9 Å². The number of nitrogens with zero attached hydrogens (tertiary/aromatic N) is 1. The van der Waals surface area contributed by atoms with Crippen LogP contribution in [-0.4, -0.2) is 29.7 Å². The Bertz CT molecular complexity index is 783. The zero-order valence-corrected chi connectivity index (χ0v) is 15.5. The van der Waals surface area contributed by atoms with Gasteiger partial charge in [-0.1, -0.05) is 31.2 Å². The number of hydrogen-bond donors (Lipinski definition) is 1. The van der Waals surface area contributed by atoms with Gasteiger partial charge in [0.15, 0.2) is 5.78 Å². The van der Waals surface area contributed by atoms with Gasteiger partial charge in [-0.2, -0.15) is 0 Å². The first-order chi connectivity index (χ1) is 12.5. The van der Waals surface area contributed by atoms with Gasteiger partial charge in [0.1, 0.15) is 0 Å². The number of nitrogens with one attached hydrogen (secondary N) is 1. The molecule has 4 heteroatoms. The number of carbonyl (C=O) groups is 2. The summed E-state index contributed by atoms with van der Waals surface area (Å²) in [4.78, 5) is 26.4. The van der Waals surface area contributed by atoms with Crippen molar-refractivity contribution in [2.75, 3.05) is 18.4 Å². The molecule has 3 rings (SSSR count). The van der Waals surface area contributed by atoms with Crippen molar-refractivity contribution in [2.24, 2.45) is 5.92 Å². The summed E-state index contributed by atoms with van der Waals surface area (Å²) in [6.45, 7) is 7.06. The first-order valence-electron chi connectivity index (χ1n) is 9.25. The Morgan fingerprint density at radius 1 is 1.12 bits per heavy atom. The average molecular weight is 350 g/mol. The molecule has 1 fully saturated rings. The SMILES string of the molecule is CC(=O)c1cccc(NC(=O)c2ccc(CN3CCC[C@H](C)C3)cc2)c1. The fraction of sp³-hybridized carbons (Fsp3) is 0.364. The molecule has 26 heavy (non-hydrogen) atoms. The largest absolute Gasteiger partial charge is 0.322 e. The van der Waals surface area contributed by atoms with Crippen LogP contribution in [0.15, 0.2) is 48.5 Å². The first-order valence-corrected chi connectivity index (χ1v) is 9.25. The first kappa shape index (κ1) is 18.3. The highest BCUT2D eigenvalue weighted by Crippen LogP contribution is 2.18. The molecule has 1 N–H and O–H groups in total. The van der Waals surface area contributed by atoms with Gasteiger partial charge < -0.3 is 5.32 Å². The van der Waals surface area contributed by atoms with Crippen LogP contribution in [0.3, 0.4) is 0 Å². The number of amides is 1. The van der Waals surface area contributed by atoms with Gasteiger partial charge in [0.05, 0.1) is 0 Å². The van der Waals surface area contributed by atoms with Crippen molar-refractivity contribution in [3.05, 3.63) is 65.2 Å². The van der Waals surface area contributed by atoms with Gasteiger partial charge in [-0.25, -0.2) is 0 Å². The Kier molecular flexibility index (Phi) is 5.84. The van der Waals surface area contributed by atoms with Gasteiger partial charge in [-0.05, 0) is 62.1 Å². The minimum absolute atomic E-state index is 0.0162. The number of ketones is 1.